The fourth-order valence-corrected chi connectivity index (χ4v) is 1.79. The average molecular weight is 285 g/mol. The van der Waals surface area contributed by atoms with Crippen molar-refractivity contribution in [1.82, 2.24) is 9.78 Å². The van der Waals surface area contributed by atoms with E-state index in [2.05, 4.69) is 21.0 Å². The van der Waals surface area contributed by atoms with Crippen LogP contribution < -0.4 is 0 Å². The Balaban J connectivity index is 2.54. The molecule has 0 saturated carbocycles. The molecule has 0 bridgehead atoms. The molecule has 16 heavy (non-hydrogen) atoms. The molecule has 1 N–H and O–H groups in total. The van der Waals surface area contributed by atoms with Crippen molar-refractivity contribution in [3.63, 3.8) is 0 Å². The van der Waals surface area contributed by atoms with Crippen LogP contribution in [-0.2, 0) is 0 Å². The predicted molar refractivity (Wildman–Crippen MR) is 58.2 cm³/mol. The summed E-state index contributed by atoms with van der Waals surface area (Å²) in [5.74, 6) is -1.58. The quantitative estimate of drug-likeness (QED) is 0.922. The largest absolute Gasteiger partial charge is 0.478 e. The molecule has 0 saturated heterocycles. The summed E-state index contributed by atoms with van der Waals surface area (Å²) in [6.07, 6.45) is 2.42. The van der Waals surface area contributed by atoms with Gasteiger partial charge in [-0.15, -0.1) is 0 Å². The first-order valence-electron chi connectivity index (χ1n) is 4.32. The minimum atomic E-state index is -1.10. The van der Waals surface area contributed by atoms with Gasteiger partial charge in [0.2, 0.25) is 0 Å². The molecule has 2 rings (SSSR count). The molecule has 1 aromatic heterocycles. The van der Waals surface area contributed by atoms with Crippen molar-refractivity contribution in [2.45, 2.75) is 0 Å². The number of para-hydroxylation sites is 1. The highest BCUT2D eigenvalue weighted by molar-refractivity contribution is 9.10. The maximum Gasteiger partial charge on any atom is 0.338 e. The van der Waals surface area contributed by atoms with Crippen LogP contribution in [0.15, 0.2) is 35.1 Å². The minimum absolute atomic E-state index is 0.00940. The highest BCUT2D eigenvalue weighted by Gasteiger charge is 2.12. The molecular weight excluding hydrogens is 279 g/mol. The molecule has 1 aromatic carbocycles. The number of aromatic carboxylic acids is 1. The van der Waals surface area contributed by atoms with E-state index in [1.165, 1.54) is 23.1 Å². The zero-order valence-corrected chi connectivity index (χ0v) is 9.48. The van der Waals surface area contributed by atoms with E-state index in [0.29, 0.717) is 4.47 Å². The normalized spacial score (nSPS) is 10.4. The predicted octanol–water partition coefficient (Wildman–Crippen LogP) is 2.47. The van der Waals surface area contributed by atoms with Crippen LogP contribution >= 0.6 is 15.9 Å². The molecule has 0 spiro atoms. The van der Waals surface area contributed by atoms with E-state index < -0.39 is 11.8 Å². The second-order valence-electron chi connectivity index (χ2n) is 3.05. The van der Waals surface area contributed by atoms with Gasteiger partial charge < -0.3 is 5.11 Å². The number of benzene rings is 1. The number of nitrogens with zero attached hydrogens (tertiary/aromatic N) is 2. The maximum absolute atomic E-state index is 13.5. The first-order valence-corrected chi connectivity index (χ1v) is 5.11. The lowest BCUT2D eigenvalue weighted by Gasteiger charge is -2.04. The minimum Gasteiger partial charge on any atom is -0.478 e. The average Bonchev–Trinajstić information content (AvgIpc) is 2.66. The van der Waals surface area contributed by atoms with Crippen molar-refractivity contribution >= 4 is 21.9 Å². The first-order chi connectivity index (χ1) is 7.59. The first kappa shape index (κ1) is 10.8. The third-order valence-electron chi connectivity index (χ3n) is 2.00. The van der Waals surface area contributed by atoms with Gasteiger partial charge in [-0.2, -0.15) is 5.10 Å². The van der Waals surface area contributed by atoms with E-state index in [4.69, 9.17) is 5.11 Å². The molecule has 0 aliphatic heterocycles. The van der Waals surface area contributed by atoms with E-state index in [1.807, 2.05) is 0 Å². The van der Waals surface area contributed by atoms with Gasteiger partial charge in [-0.3, -0.25) is 0 Å². The van der Waals surface area contributed by atoms with Crippen LogP contribution in [0.4, 0.5) is 4.39 Å². The maximum atomic E-state index is 13.5. The fourth-order valence-electron chi connectivity index (χ4n) is 1.26. The van der Waals surface area contributed by atoms with Gasteiger partial charge in [0.25, 0.3) is 0 Å². The summed E-state index contributed by atoms with van der Waals surface area (Å²) in [5.41, 5.74) is 0.199. The molecule has 0 aliphatic rings. The van der Waals surface area contributed by atoms with Gasteiger partial charge in [0, 0.05) is 10.7 Å². The number of carboxylic acids is 1. The number of hydrogen-bond acceptors (Lipinski definition) is 2. The van der Waals surface area contributed by atoms with Crippen LogP contribution in [0.25, 0.3) is 5.69 Å². The summed E-state index contributed by atoms with van der Waals surface area (Å²) in [7, 11) is 0. The summed E-state index contributed by atoms with van der Waals surface area (Å²) in [6.45, 7) is 0. The van der Waals surface area contributed by atoms with E-state index in [0.717, 1.165) is 0 Å². The smallest absolute Gasteiger partial charge is 0.338 e. The van der Waals surface area contributed by atoms with Crippen LogP contribution in [-0.4, -0.2) is 20.9 Å². The van der Waals surface area contributed by atoms with Crippen molar-refractivity contribution in [2.24, 2.45) is 0 Å². The standard InChI is InChI=1S/C10H6BrFN2O2/c11-7-2-1-3-8(12)9(7)14-5-6(4-13-14)10(15)16/h1-5H,(H,15,16). The number of carboxylic acid groups (broad SMARTS) is 1. The Morgan fingerprint density at radius 1 is 1.50 bits per heavy atom. The molecule has 4 nitrogen and oxygen atoms in total. The van der Waals surface area contributed by atoms with E-state index in [-0.39, 0.29) is 11.3 Å². The van der Waals surface area contributed by atoms with E-state index in [9.17, 15) is 9.18 Å². The molecule has 0 amide bonds. The third kappa shape index (κ3) is 1.83. The Kier molecular flexibility index (Phi) is 2.74. The second-order valence-corrected chi connectivity index (χ2v) is 3.90. The Bertz CT molecular complexity index is 533. The van der Waals surface area contributed by atoms with Crippen molar-refractivity contribution in [1.29, 1.82) is 0 Å². The van der Waals surface area contributed by atoms with E-state index in [1.54, 1.807) is 12.1 Å². The summed E-state index contributed by atoms with van der Waals surface area (Å²) >= 11 is 3.18. The van der Waals surface area contributed by atoms with Gasteiger partial charge in [-0.25, -0.2) is 13.9 Å². The zero-order chi connectivity index (χ0) is 11.7. The van der Waals surface area contributed by atoms with Gasteiger partial charge >= 0.3 is 5.97 Å². The monoisotopic (exact) mass is 284 g/mol. The lowest BCUT2D eigenvalue weighted by Crippen LogP contribution is -1.99. The highest BCUT2D eigenvalue weighted by Crippen LogP contribution is 2.23. The number of aromatic nitrogens is 2. The van der Waals surface area contributed by atoms with Crippen molar-refractivity contribution in [3.05, 3.63) is 46.4 Å². The number of carbonyl (C=O) groups is 1. The summed E-state index contributed by atoms with van der Waals surface area (Å²) in [5, 5.41) is 12.5. The van der Waals surface area contributed by atoms with Gasteiger partial charge in [0.05, 0.1) is 11.8 Å². The molecular formula is C10H6BrFN2O2. The van der Waals surface area contributed by atoms with Crippen LogP contribution in [0.1, 0.15) is 10.4 Å². The Morgan fingerprint density at radius 2 is 2.25 bits per heavy atom. The number of rotatable bonds is 2. The third-order valence-corrected chi connectivity index (χ3v) is 2.64. The molecule has 82 valence electrons. The van der Waals surface area contributed by atoms with Gasteiger partial charge in [0.15, 0.2) is 0 Å². The number of halogens is 2. The molecule has 0 unspecified atom stereocenters. The second kappa shape index (κ2) is 4.05. The molecule has 0 radical (unpaired) electrons. The Morgan fingerprint density at radius 3 is 2.81 bits per heavy atom. The lowest BCUT2D eigenvalue weighted by molar-refractivity contribution is 0.0697. The van der Waals surface area contributed by atoms with Crippen molar-refractivity contribution in [3.8, 4) is 5.69 Å². The zero-order valence-electron chi connectivity index (χ0n) is 7.89. The lowest BCUT2D eigenvalue weighted by atomic mass is 10.3. The summed E-state index contributed by atoms with van der Waals surface area (Å²) in [4.78, 5) is 10.7. The number of hydrogen-bond donors (Lipinski definition) is 1. The Labute approximate surface area is 98.4 Å². The molecule has 2 aromatic rings. The van der Waals surface area contributed by atoms with Gasteiger partial charge in [-0.05, 0) is 28.1 Å². The van der Waals surface area contributed by atoms with E-state index >= 15 is 0 Å². The van der Waals surface area contributed by atoms with Crippen LogP contribution in [0.5, 0.6) is 0 Å². The SMILES string of the molecule is O=C(O)c1cnn(-c2c(F)cccc2Br)c1. The van der Waals surface area contributed by atoms with Crippen molar-refractivity contribution < 1.29 is 14.3 Å². The molecule has 1 heterocycles. The van der Waals surface area contributed by atoms with Gasteiger partial charge in [0.1, 0.15) is 11.5 Å². The van der Waals surface area contributed by atoms with Gasteiger partial charge in [-0.1, -0.05) is 6.07 Å². The fraction of sp³-hybridized carbons (Fsp3) is 0. The molecule has 0 atom stereocenters. The van der Waals surface area contributed by atoms with Crippen LogP contribution in [0.2, 0.25) is 0 Å². The summed E-state index contributed by atoms with van der Waals surface area (Å²) in [6, 6.07) is 4.48. The Hall–Kier alpha value is -1.69. The highest BCUT2D eigenvalue weighted by atomic mass is 79.9. The van der Waals surface area contributed by atoms with Crippen LogP contribution in [0.3, 0.4) is 0 Å². The molecule has 6 heteroatoms. The summed E-state index contributed by atoms with van der Waals surface area (Å²) < 4.78 is 15.2. The van der Waals surface area contributed by atoms with Crippen molar-refractivity contribution in [2.75, 3.05) is 0 Å². The molecule has 0 aliphatic carbocycles. The molecule has 0 fully saturated rings. The van der Waals surface area contributed by atoms with Crippen LogP contribution in [0, 0.1) is 5.82 Å². The topological polar surface area (TPSA) is 55.1 Å².